The van der Waals surface area contributed by atoms with Gasteiger partial charge in [0.05, 0.1) is 22.7 Å². The molecule has 1 aromatic carbocycles. The first-order valence-corrected chi connectivity index (χ1v) is 4.89. The number of hydrogen-bond acceptors (Lipinski definition) is 4. The minimum absolute atomic E-state index is 0.0272. The van der Waals surface area contributed by atoms with Crippen LogP contribution in [-0.2, 0) is 0 Å². The van der Waals surface area contributed by atoms with Crippen LogP contribution < -0.4 is 5.73 Å². The molecule has 0 heterocycles. The first-order chi connectivity index (χ1) is 6.99. The molecule has 0 saturated carbocycles. The Kier molecular flexibility index (Phi) is 3.67. The molecular weight excluding hydrogens is 266 g/mol. The number of halogens is 1. The molecule has 0 aliphatic heterocycles. The summed E-state index contributed by atoms with van der Waals surface area (Å²) in [6.45, 7) is -0.440. The van der Waals surface area contributed by atoms with Gasteiger partial charge < -0.3 is 21.1 Å². The number of aliphatic hydroxyl groups is 1. The zero-order chi connectivity index (χ0) is 11.6. The Morgan fingerprint density at radius 2 is 2.13 bits per heavy atom. The van der Waals surface area contributed by atoms with Crippen molar-refractivity contribution in [1.29, 1.82) is 0 Å². The summed E-state index contributed by atoms with van der Waals surface area (Å²) in [7, 11) is 0. The molecule has 0 bridgehead atoms. The van der Waals surface area contributed by atoms with Crippen molar-refractivity contribution in [1.82, 2.24) is 0 Å². The molecule has 0 fully saturated rings. The second kappa shape index (κ2) is 4.61. The smallest absolute Gasteiger partial charge is 0.336 e. The molecule has 0 saturated heterocycles. The molecule has 0 amide bonds. The predicted octanol–water partition coefficient (Wildman–Crippen LogP) is 0.845. The van der Waals surface area contributed by atoms with Crippen LogP contribution in [0.5, 0.6) is 5.75 Å². The number of aromatic hydroxyl groups is 1. The van der Waals surface area contributed by atoms with Gasteiger partial charge in [0.1, 0.15) is 5.75 Å². The van der Waals surface area contributed by atoms with E-state index in [0.29, 0.717) is 4.47 Å². The van der Waals surface area contributed by atoms with Gasteiger partial charge in [-0.25, -0.2) is 4.79 Å². The number of hydrogen-bond donors (Lipinski definition) is 4. The lowest BCUT2D eigenvalue weighted by molar-refractivity contribution is 0.0694. The Morgan fingerprint density at radius 3 is 2.60 bits per heavy atom. The van der Waals surface area contributed by atoms with Gasteiger partial charge in [0.25, 0.3) is 0 Å². The van der Waals surface area contributed by atoms with Crippen molar-refractivity contribution in [3.63, 3.8) is 0 Å². The third-order valence-electron chi connectivity index (χ3n) is 1.97. The standard InChI is InChI=1S/C9H10BrNO4/c10-5-2-1-4(9(14)15)7(8(5)13)6(11)3-12/h1-2,6,12-13H,3,11H2,(H,14,15)/t6-/m1/s1. The topological polar surface area (TPSA) is 104 Å². The van der Waals surface area contributed by atoms with Gasteiger partial charge >= 0.3 is 5.97 Å². The molecule has 1 atom stereocenters. The van der Waals surface area contributed by atoms with Crippen molar-refractivity contribution < 1.29 is 20.1 Å². The molecule has 0 aromatic heterocycles. The molecule has 5 nitrogen and oxygen atoms in total. The average molecular weight is 276 g/mol. The Hall–Kier alpha value is -1.11. The Balaban J connectivity index is 3.41. The fourth-order valence-electron chi connectivity index (χ4n) is 1.23. The zero-order valence-electron chi connectivity index (χ0n) is 7.64. The number of phenols is 1. The number of phenolic OH excluding ortho intramolecular Hbond substituents is 1. The molecule has 5 N–H and O–H groups in total. The summed E-state index contributed by atoms with van der Waals surface area (Å²) in [5.74, 6) is -1.45. The van der Waals surface area contributed by atoms with Crippen molar-refractivity contribution in [3.8, 4) is 5.75 Å². The third-order valence-corrected chi connectivity index (χ3v) is 2.61. The minimum Gasteiger partial charge on any atom is -0.506 e. The molecule has 1 rings (SSSR count). The second-order valence-electron chi connectivity index (χ2n) is 2.95. The Labute approximate surface area is 94.3 Å². The zero-order valence-corrected chi connectivity index (χ0v) is 9.23. The third kappa shape index (κ3) is 2.28. The summed E-state index contributed by atoms with van der Waals surface area (Å²) in [5.41, 5.74) is 5.42. The van der Waals surface area contributed by atoms with Crippen LogP contribution in [0.15, 0.2) is 16.6 Å². The average Bonchev–Trinajstić information content (AvgIpc) is 2.20. The van der Waals surface area contributed by atoms with Crippen molar-refractivity contribution >= 4 is 21.9 Å². The number of carboxylic acids is 1. The number of rotatable bonds is 3. The van der Waals surface area contributed by atoms with Crippen LogP contribution in [0.1, 0.15) is 22.0 Å². The summed E-state index contributed by atoms with van der Waals surface area (Å²) in [4.78, 5) is 10.8. The van der Waals surface area contributed by atoms with Gasteiger partial charge in [-0.2, -0.15) is 0 Å². The van der Waals surface area contributed by atoms with Crippen LogP contribution in [-0.4, -0.2) is 27.9 Å². The monoisotopic (exact) mass is 275 g/mol. The summed E-state index contributed by atoms with van der Waals surface area (Å²) >= 11 is 3.05. The molecule has 1 aromatic rings. The van der Waals surface area contributed by atoms with Crippen molar-refractivity contribution in [2.24, 2.45) is 5.73 Å². The minimum atomic E-state index is -1.20. The van der Waals surface area contributed by atoms with E-state index in [9.17, 15) is 9.90 Å². The van der Waals surface area contributed by atoms with Crippen LogP contribution in [0.2, 0.25) is 0 Å². The summed E-state index contributed by atoms with van der Waals surface area (Å²) in [6.07, 6.45) is 0. The largest absolute Gasteiger partial charge is 0.506 e. The number of benzene rings is 1. The van der Waals surface area contributed by atoms with Gasteiger partial charge in [0.15, 0.2) is 0 Å². The SMILES string of the molecule is N[C@H](CO)c1c(C(=O)O)ccc(Br)c1O. The molecule has 6 heteroatoms. The number of carbonyl (C=O) groups is 1. The molecule has 0 radical (unpaired) electrons. The Morgan fingerprint density at radius 1 is 1.53 bits per heavy atom. The number of carboxylic acid groups (broad SMARTS) is 1. The summed E-state index contributed by atoms with van der Waals surface area (Å²) in [5, 5.41) is 27.4. The van der Waals surface area contributed by atoms with Crippen molar-refractivity contribution in [2.75, 3.05) is 6.61 Å². The van der Waals surface area contributed by atoms with E-state index < -0.39 is 18.6 Å². The highest BCUT2D eigenvalue weighted by molar-refractivity contribution is 9.10. The fraction of sp³-hybridized carbons (Fsp3) is 0.222. The maximum atomic E-state index is 10.8. The highest BCUT2D eigenvalue weighted by atomic mass is 79.9. The fourth-order valence-corrected chi connectivity index (χ4v) is 1.58. The van der Waals surface area contributed by atoms with E-state index in [-0.39, 0.29) is 16.9 Å². The molecule has 0 spiro atoms. The van der Waals surface area contributed by atoms with E-state index >= 15 is 0 Å². The van der Waals surface area contributed by atoms with E-state index in [1.54, 1.807) is 0 Å². The summed E-state index contributed by atoms with van der Waals surface area (Å²) in [6, 6.07) is 1.80. The lowest BCUT2D eigenvalue weighted by atomic mass is 10.0. The van der Waals surface area contributed by atoms with Crippen LogP contribution in [0.25, 0.3) is 0 Å². The quantitative estimate of drug-likeness (QED) is 0.655. The number of nitrogens with two attached hydrogens (primary N) is 1. The first-order valence-electron chi connectivity index (χ1n) is 4.10. The van der Waals surface area contributed by atoms with Gasteiger partial charge in [-0.1, -0.05) is 0 Å². The van der Waals surface area contributed by atoms with Gasteiger partial charge in [-0.3, -0.25) is 0 Å². The predicted molar refractivity (Wildman–Crippen MR) is 56.8 cm³/mol. The first kappa shape index (κ1) is 12.0. The van der Waals surface area contributed by atoms with Gasteiger partial charge in [-0.05, 0) is 28.1 Å². The van der Waals surface area contributed by atoms with Crippen LogP contribution in [0, 0.1) is 0 Å². The van der Waals surface area contributed by atoms with Gasteiger partial charge in [0, 0.05) is 5.56 Å². The molecule has 15 heavy (non-hydrogen) atoms. The number of aromatic carboxylic acids is 1. The van der Waals surface area contributed by atoms with Crippen LogP contribution in [0.3, 0.4) is 0 Å². The highest BCUT2D eigenvalue weighted by Crippen LogP contribution is 2.33. The lowest BCUT2D eigenvalue weighted by Crippen LogP contribution is -2.18. The molecule has 0 unspecified atom stereocenters. The Bertz CT molecular complexity index is 394. The normalized spacial score (nSPS) is 12.5. The van der Waals surface area contributed by atoms with Crippen LogP contribution >= 0.6 is 15.9 Å². The molecule has 0 aliphatic rings. The highest BCUT2D eigenvalue weighted by Gasteiger charge is 2.21. The summed E-state index contributed by atoms with van der Waals surface area (Å²) < 4.78 is 0.339. The van der Waals surface area contributed by atoms with Crippen LogP contribution in [0.4, 0.5) is 0 Å². The second-order valence-corrected chi connectivity index (χ2v) is 3.81. The maximum absolute atomic E-state index is 10.8. The van der Waals surface area contributed by atoms with E-state index in [0.717, 1.165) is 0 Å². The molecular formula is C9H10BrNO4. The van der Waals surface area contributed by atoms with Gasteiger partial charge in [-0.15, -0.1) is 0 Å². The number of aliphatic hydroxyl groups excluding tert-OH is 1. The maximum Gasteiger partial charge on any atom is 0.336 e. The van der Waals surface area contributed by atoms with E-state index in [4.69, 9.17) is 15.9 Å². The lowest BCUT2D eigenvalue weighted by Gasteiger charge is -2.14. The van der Waals surface area contributed by atoms with E-state index in [2.05, 4.69) is 15.9 Å². The van der Waals surface area contributed by atoms with E-state index in [1.807, 2.05) is 0 Å². The van der Waals surface area contributed by atoms with E-state index in [1.165, 1.54) is 12.1 Å². The molecule has 0 aliphatic carbocycles. The molecule has 82 valence electrons. The van der Waals surface area contributed by atoms with Gasteiger partial charge in [0.2, 0.25) is 0 Å². The van der Waals surface area contributed by atoms with Crippen molar-refractivity contribution in [2.45, 2.75) is 6.04 Å². The van der Waals surface area contributed by atoms with Crippen molar-refractivity contribution in [3.05, 3.63) is 27.7 Å².